The number of benzene rings is 1. The molecule has 0 aliphatic rings. The first-order chi connectivity index (χ1) is 8.43. The minimum Gasteiger partial charge on any atom is -0.136 e. The number of hydrogen-bond acceptors (Lipinski definition) is 1. The van der Waals surface area contributed by atoms with Gasteiger partial charge in [0.15, 0.2) is 0 Å². The highest BCUT2D eigenvalue weighted by Crippen LogP contribution is 2.14. The number of hydrogen-bond donors (Lipinski definition) is 0. The third-order valence-corrected chi connectivity index (χ3v) is 6.19. The van der Waals surface area contributed by atoms with Gasteiger partial charge in [-0.05, 0) is 18.2 Å². The molecule has 0 aliphatic heterocycles. The molecule has 0 saturated heterocycles. The maximum atomic E-state index is 4.17. The standard InChI is InChI=1S/C16H20SSi/c1-6-7-8-14-12(2)17-16-11-13(18(3,4)5)9-10-15(14)16/h6-11H,2H2,1,3-5H3/b7-6-,14-8+. The summed E-state index contributed by atoms with van der Waals surface area (Å²) in [6.07, 6.45) is 6.30. The van der Waals surface area contributed by atoms with Crippen molar-refractivity contribution in [2.75, 3.05) is 0 Å². The average Bonchev–Trinajstić information content (AvgIpc) is 2.60. The van der Waals surface area contributed by atoms with Crippen LogP contribution < -0.4 is 14.9 Å². The zero-order chi connectivity index (χ0) is 13.3. The lowest BCUT2D eigenvalue weighted by Gasteiger charge is -2.16. The van der Waals surface area contributed by atoms with Crippen LogP contribution in [-0.2, 0) is 0 Å². The van der Waals surface area contributed by atoms with Gasteiger partial charge in [-0.1, -0.05) is 61.8 Å². The first kappa shape index (κ1) is 13.3. The molecule has 1 aromatic heterocycles. The van der Waals surface area contributed by atoms with E-state index in [-0.39, 0.29) is 0 Å². The molecule has 0 saturated carbocycles. The summed E-state index contributed by atoms with van der Waals surface area (Å²) in [4.78, 5) is 0. The molecule has 0 aliphatic carbocycles. The summed E-state index contributed by atoms with van der Waals surface area (Å²) >= 11 is 1.81. The Labute approximate surface area is 114 Å². The van der Waals surface area contributed by atoms with Gasteiger partial charge < -0.3 is 0 Å². The molecule has 0 radical (unpaired) electrons. The van der Waals surface area contributed by atoms with E-state index in [0.717, 1.165) is 4.53 Å². The molecule has 2 rings (SSSR count). The van der Waals surface area contributed by atoms with Crippen molar-refractivity contribution >= 4 is 47.3 Å². The highest BCUT2D eigenvalue weighted by atomic mass is 32.1. The Kier molecular flexibility index (Phi) is 3.60. The lowest BCUT2D eigenvalue weighted by Crippen LogP contribution is -2.37. The van der Waals surface area contributed by atoms with E-state index in [1.807, 2.05) is 6.92 Å². The maximum absolute atomic E-state index is 4.17. The number of allylic oxidation sites excluding steroid dienone is 2. The third-order valence-electron chi connectivity index (χ3n) is 3.13. The number of thiophene rings is 1. The molecular weight excluding hydrogens is 252 g/mol. The molecular formula is C16H20SSi. The van der Waals surface area contributed by atoms with Gasteiger partial charge >= 0.3 is 0 Å². The Morgan fingerprint density at radius 1 is 1.22 bits per heavy atom. The smallest absolute Gasteiger partial charge is 0.0776 e. The van der Waals surface area contributed by atoms with Crippen molar-refractivity contribution < 1.29 is 0 Å². The van der Waals surface area contributed by atoms with Gasteiger partial charge in [0, 0.05) is 14.6 Å². The molecule has 2 heteroatoms. The molecule has 0 fully saturated rings. The van der Waals surface area contributed by atoms with Crippen LogP contribution in [0, 0.1) is 0 Å². The second-order valence-corrected chi connectivity index (χ2v) is 11.8. The molecule has 0 nitrogen and oxygen atoms in total. The van der Waals surface area contributed by atoms with Crippen LogP contribution in [0.2, 0.25) is 19.6 Å². The molecule has 0 spiro atoms. The van der Waals surface area contributed by atoms with E-state index in [1.165, 1.54) is 20.5 Å². The van der Waals surface area contributed by atoms with Gasteiger partial charge in [0.05, 0.1) is 8.07 Å². The molecule has 0 N–H and O–H groups in total. The average molecular weight is 272 g/mol. The molecule has 18 heavy (non-hydrogen) atoms. The minimum absolute atomic E-state index is 1.16. The minimum atomic E-state index is -1.22. The van der Waals surface area contributed by atoms with Gasteiger partial charge in [-0.3, -0.25) is 0 Å². The van der Waals surface area contributed by atoms with Crippen molar-refractivity contribution in [2.45, 2.75) is 26.6 Å². The van der Waals surface area contributed by atoms with Crippen molar-refractivity contribution in [3.8, 4) is 0 Å². The van der Waals surface area contributed by atoms with Crippen LogP contribution in [0.1, 0.15) is 6.92 Å². The number of rotatable bonds is 2. The molecule has 0 amide bonds. The molecule has 0 atom stereocenters. The molecule has 1 aromatic carbocycles. The monoisotopic (exact) mass is 272 g/mol. The Morgan fingerprint density at radius 3 is 2.56 bits per heavy atom. The van der Waals surface area contributed by atoms with E-state index in [4.69, 9.17) is 0 Å². The fourth-order valence-corrected chi connectivity index (χ4v) is 4.30. The Bertz CT molecular complexity index is 699. The zero-order valence-corrected chi connectivity index (χ0v) is 13.4. The fourth-order valence-electron chi connectivity index (χ4n) is 2.01. The van der Waals surface area contributed by atoms with Gasteiger partial charge in [0.2, 0.25) is 0 Å². The summed E-state index contributed by atoms with van der Waals surface area (Å²) in [5.74, 6) is 0. The summed E-state index contributed by atoms with van der Waals surface area (Å²) < 4.78 is 2.53. The second-order valence-electron chi connectivity index (χ2n) is 5.59. The second kappa shape index (κ2) is 4.86. The summed E-state index contributed by atoms with van der Waals surface area (Å²) in [6, 6.07) is 6.94. The summed E-state index contributed by atoms with van der Waals surface area (Å²) in [6.45, 7) is 13.4. The van der Waals surface area contributed by atoms with E-state index >= 15 is 0 Å². The van der Waals surface area contributed by atoms with Gasteiger partial charge in [-0.25, -0.2) is 0 Å². The van der Waals surface area contributed by atoms with Gasteiger partial charge in [0.25, 0.3) is 0 Å². The first-order valence-electron chi connectivity index (χ1n) is 6.28. The Balaban J connectivity index is 2.73. The number of fused-ring (bicyclic) bond motifs is 1. The van der Waals surface area contributed by atoms with E-state index < -0.39 is 8.07 Å². The van der Waals surface area contributed by atoms with Crippen LogP contribution >= 0.6 is 11.3 Å². The lowest BCUT2D eigenvalue weighted by molar-refractivity contribution is 1.71. The quantitative estimate of drug-likeness (QED) is 0.737. The highest BCUT2D eigenvalue weighted by Gasteiger charge is 2.16. The van der Waals surface area contributed by atoms with Crippen LogP contribution in [0.5, 0.6) is 0 Å². The van der Waals surface area contributed by atoms with Crippen molar-refractivity contribution in [1.29, 1.82) is 0 Å². The molecule has 1 heterocycles. The largest absolute Gasteiger partial charge is 0.136 e. The van der Waals surface area contributed by atoms with Crippen LogP contribution in [0.4, 0.5) is 0 Å². The summed E-state index contributed by atoms with van der Waals surface area (Å²) in [7, 11) is -1.22. The van der Waals surface area contributed by atoms with Crippen LogP contribution in [-0.4, -0.2) is 8.07 Å². The predicted molar refractivity (Wildman–Crippen MR) is 88.9 cm³/mol. The van der Waals surface area contributed by atoms with Gasteiger partial charge in [-0.2, -0.15) is 0 Å². The summed E-state index contributed by atoms with van der Waals surface area (Å²) in [5.41, 5.74) is 0. The van der Waals surface area contributed by atoms with E-state index in [9.17, 15) is 0 Å². The fraction of sp³-hybridized carbons (Fsp3) is 0.250. The third kappa shape index (κ3) is 2.50. The van der Waals surface area contributed by atoms with E-state index in [1.54, 1.807) is 11.3 Å². The van der Waals surface area contributed by atoms with E-state index in [2.05, 4.69) is 62.6 Å². The summed E-state index contributed by atoms with van der Waals surface area (Å²) in [5, 5.41) is 4.13. The first-order valence-corrected chi connectivity index (χ1v) is 10.6. The zero-order valence-electron chi connectivity index (χ0n) is 11.6. The normalized spacial score (nSPS) is 13.9. The van der Waals surface area contributed by atoms with Crippen LogP contribution in [0.25, 0.3) is 22.7 Å². The van der Waals surface area contributed by atoms with Crippen molar-refractivity contribution in [3.63, 3.8) is 0 Å². The molecule has 2 aromatic rings. The molecule has 0 unspecified atom stereocenters. The molecule has 94 valence electrons. The lowest BCUT2D eigenvalue weighted by atomic mass is 10.2. The maximum Gasteiger partial charge on any atom is 0.0776 e. The molecule has 0 bridgehead atoms. The van der Waals surface area contributed by atoms with Gasteiger partial charge in [0.1, 0.15) is 0 Å². The SMILES string of the molecule is C=c1sc2cc([Si](C)(C)C)ccc2/c1=C/C=C\C. The van der Waals surface area contributed by atoms with Crippen molar-refractivity contribution in [3.05, 3.63) is 40.1 Å². The predicted octanol–water partition coefficient (Wildman–Crippen LogP) is 3.21. The Morgan fingerprint density at radius 2 is 1.94 bits per heavy atom. The van der Waals surface area contributed by atoms with Crippen LogP contribution in [0.15, 0.2) is 30.4 Å². The van der Waals surface area contributed by atoms with E-state index in [0.29, 0.717) is 0 Å². The topological polar surface area (TPSA) is 0 Å². The highest BCUT2D eigenvalue weighted by molar-refractivity contribution is 7.17. The van der Waals surface area contributed by atoms with Crippen LogP contribution in [0.3, 0.4) is 0 Å². The van der Waals surface area contributed by atoms with Crippen molar-refractivity contribution in [1.82, 2.24) is 0 Å². The Hall–Kier alpha value is -1.12. The van der Waals surface area contributed by atoms with Crippen molar-refractivity contribution in [2.24, 2.45) is 0 Å². The van der Waals surface area contributed by atoms with Gasteiger partial charge in [-0.15, -0.1) is 11.3 Å².